The lowest BCUT2D eigenvalue weighted by Gasteiger charge is -1.97. The van der Waals surface area contributed by atoms with Gasteiger partial charge in [0.25, 0.3) is 0 Å². The molecule has 0 bridgehead atoms. The van der Waals surface area contributed by atoms with Crippen molar-refractivity contribution >= 4 is 16.9 Å². The first-order chi connectivity index (χ1) is 6.09. The minimum absolute atomic E-state index is 0.495. The van der Waals surface area contributed by atoms with E-state index in [1.165, 1.54) is 0 Å². The average molecular weight is 177 g/mol. The van der Waals surface area contributed by atoms with Gasteiger partial charge in [-0.15, -0.1) is 0 Å². The minimum atomic E-state index is 0.495. The molecule has 2 aromatic rings. The third-order valence-corrected chi connectivity index (χ3v) is 2.00. The van der Waals surface area contributed by atoms with Gasteiger partial charge in [-0.05, 0) is 13.8 Å². The van der Waals surface area contributed by atoms with Crippen molar-refractivity contribution in [2.24, 2.45) is 7.05 Å². The zero-order valence-electron chi connectivity index (χ0n) is 7.87. The number of aromatic nitrogens is 4. The number of nitrogen functional groups attached to an aromatic ring is 1. The number of nitrogens with two attached hydrogens (primary N) is 1. The van der Waals surface area contributed by atoms with Crippen molar-refractivity contribution in [3.8, 4) is 0 Å². The molecule has 68 valence electrons. The molecule has 13 heavy (non-hydrogen) atoms. The van der Waals surface area contributed by atoms with E-state index in [0.717, 1.165) is 22.6 Å². The van der Waals surface area contributed by atoms with Gasteiger partial charge < -0.3 is 5.73 Å². The Labute approximate surface area is 75.6 Å². The van der Waals surface area contributed by atoms with Crippen molar-refractivity contribution in [3.63, 3.8) is 0 Å². The molecule has 2 rings (SSSR count). The van der Waals surface area contributed by atoms with E-state index in [4.69, 9.17) is 5.73 Å². The van der Waals surface area contributed by atoms with E-state index in [0.29, 0.717) is 5.82 Å². The van der Waals surface area contributed by atoms with Crippen LogP contribution >= 0.6 is 0 Å². The molecule has 0 aliphatic carbocycles. The standard InChI is InChI=1S/C8H11N5/c1-4-6-7(9)12-13(3)8(6)11-5(2)10-4/h1-3H3,(H2,9,12). The summed E-state index contributed by atoms with van der Waals surface area (Å²) in [6, 6.07) is 0. The predicted molar refractivity (Wildman–Crippen MR) is 50.2 cm³/mol. The van der Waals surface area contributed by atoms with Crippen molar-refractivity contribution < 1.29 is 0 Å². The minimum Gasteiger partial charge on any atom is -0.382 e. The van der Waals surface area contributed by atoms with Crippen molar-refractivity contribution in [2.75, 3.05) is 5.73 Å². The molecule has 0 aliphatic rings. The summed E-state index contributed by atoms with van der Waals surface area (Å²) in [5, 5.41) is 4.94. The van der Waals surface area contributed by atoms with Crippen LogP contribution in [0.4, 0.5) is 5.82 Å². The molecule has 0 spiro atoms. The molecule has 5 heteroatoms. The Hall–Kier alpha value is -1.65. The second kappa shape index (κ2) is 2.42. The second-order valence-electron chi connectivity index (χ2n) is 3.06. The lowest BCUT2D eigenvalue weighted by atomic mass is 10.3. The normalized spacial score (nSPS) is 11.0. The maximum absolute atomic E-state index is 5.72. The van der Waals surface area contributed by atoms with Gasteiger partial charge in [-0.3, -0.25) is 0 Å². The highest BCUT2D eigenvalue weighted by Crippen LogP contribution is 2.20. The van der Waals surface area contributed by atoms with Crippen LogP contribution in [0.1, 0.15) is 11.5 Å². The molecule has 2 heterocycles. The van der Waals surface area contributed by atoms with Crippen LogP contribution in [-0.2, 0) is 7.05 Å². The summed E-state index contributed by atoms with van der Waals surface area (Å²) in [6.07, 6.45) is 0. The fraction of sp³-hybridized carbons (Fsp3) is 0.375. The Balaban J connectivity index is 2.97. The third kappa shape index (κ3) is 1.04. The van der Waals surface area contributed by atoms with Crippen LogP contribution in [0.15, 0.2) is 0 Å². The Morgan fingerprint density at radius 3 is 2.62 bits per heavy atom. The molecular formula is C8H11N5. The van der Waals surface area contributed by atoms with Crippen LogP contribution in [0.3, 0.4) is 0 Å². The highest BCUT2D eigenvalue weighted by molar-refractivity contribution is 5.88. The summed E-state index contributed by atoms with van der Waals surface area (Å²) >= 11 is 0. The van der Waals surface area contributed by atoms with E-state index in [2.05, 4.69) is 15.1 Å². The maximum Gasteiger partial charge on any atom is 0.163 e. The number of hydrogen-bond acceptors (Lipinski definition) is 4. The van der Waals surface area contributed by atoms with Crippen LogP contribution in [0.25, 0.3) is 11.0 Å². The Kier molecular flexibility index (Phi) is 1.48. The van der Waals surface area contributed by atoms with Gasteiger partial charge in [0, 0.05) is 7.05 Å². The monoisotopic (exact) mass is 177 g/mol. The zero-order valence-corrected chi connectivity index (χ0v) is 7.87. The number of nitrogens with zero attached hydrogens (tertiary/aromatic N) is 4. The zero-order chi connectivity index (χ0) is 9.59. The largest absolute Gasteiger partial charge is 0.382 e. The van der Waals surface area contributed by atoms with Crippen LogP contribution < -0.4 is 5.73 Å². The first kappa shape index (κ1) is 7.97. The molecule has 0 amide bonds. The molecule has 0 saturated carbocycles. The van der Waals surface area contributed by atoms with E-state index in [9.17, 15) is 0 Å². The summed E-state index contributed by atoms with van der Waals surface area (Å²) in [4.78, 5) is 8.50. The van der Waals surface area contributed by atoms with E-state index < -0.39 is 0 Å². The van der Waals surface area contributed by atoms with Crippen molar-refractivity contribution in [1.82, 2.24) is 19.7 Å². The summed E-state index contributed by atoms with van der Waals surface area (Å²) in [5.74, 6) is 1.24. The molecular weight excluding hydrogens is 166 g/mol. The molecule has 0 aliphatic heterocycles. The molecule has 5 nitrogen and oxygen atoms in total. The first-order valence-electron chi connectivity index (χ1n) is 4.03. The predicted octanol–water partition coefficient (Wildman–Crippen LogP) is 0.562. The van der Waals surface area contributed by atoms with Gasteiger partial charge in [0.15, 0.2) is 11.5 Å². The van der Waals surface area contributed by atoms with Gasteiger partial charge in [-0.1, -0.05) is 0 Å². The van der Waals surface area contributed by atoms with Crippen LogP contribution in [0.5, 0.6) is 0 Å². The number of hydrogen-bond donors (Lipinski definition) is 1. The van der Waals surface area contributed by atoms with E-state index >= 15 is 0 Å². The van der Waals surface area contributed by atoms with Crippen molar-refractivity contribution in [2.45, 2.75) is 13.8 Å². The van der Waals surface area contributed by atoms with E-state index in [1.807, 2.05) is 20.9 Å². The fourth-order valence-electron chi connectivity index (χ4n) is 1.49. The van der Waals surface area contributed by atoms with Gasteiger partial charge in [0.05, 0.1) is 11.1 Å². The first-order valence-corrected chi connectivity index (χ1v) is 4.03. The van der Waals surface area contributed by atoms with Crippen LogP contribution in [0.2, 0.25) is 0 Å². The molecule has 0 aromatic carbocycles. The molecule has 0 radical (unpaired) electrons. The SMILES string of the molecule is Cc1nc(C)c2c(N)nn(C)c2n1. The van der Waals surface area contributed by atoms with Crippen LogP contribution in [-0.4, -0.2) is 19.7 Å². The van der Waals surface area contributed by atoms with Crippen molar-refractivity contribution in [1.29, 1.82) is 0 Å². The molecule has 0 saturated heterocycles. The highest BCUT2D eigenvalue weighted by Gasteiger charge is 2.10. The van der Waals surface area contributed by atoms with E-state index in [-0.39, 0.29) is 0 Å². The average Bonchev–Trinajstić information content (AvgIpc) is 2.27. The highest BCUT2D eigenvalue weighted by atomic mass is 15.3. The molecule has 0 atom stereocenters. The quantitative estimate of drug-likeness (QED) is 0.638. The maximum atomic E-state index is 5.72. The topological polar surface area (TPSA) is 69.6 Å². The fourth-order valence-corrected chi connectivity index (χ4v) is 1.49. The van der Waals surface area contributed by atoms with Gasteiger partial charge in [-0.25, -0.2) is 14.6 Å². The number of rotatable bonds is 0. The number of anilines is 1. The van der Waals surface area contributed by atoms with Gasteiger partial charge >= 0.3 is 0 Å². The Morgan fingerprint density at radius 2 is 1.92 bits per heavy atom. The Bertz CT molecular complexity index is 471. The summed E-state index contributed by atoms with van der Waals surface area (Å²) in [6.45, 7) is 3.77. The third-order valence-electron chi connectivity index (χ3n) is 2.00. The molecule has 0 unspecified atom stereocenters. The van der Waals surface area contributed by atoms with Crippen LogP contribution in [0, 0.1) is 13.8 Å². The smallest absolute Gasteiger partial charge is 0.163 e. The van der Waals surface area contributed by atoms with Gasteiger partial charge in [0.1, 0.15) is 5.82 Å². The number of fused-ring (bicyclic) bond motifs is 1. The number of aryl methyl sites for hydroxylation is 3. The Morgan fingerprint density at radius 1 is 1.23 bits per heavy atom. The lowest BCUT2D eigenvalue weighted by Crippen LogP contribution is -1.96. The molecule has 2 aromatic heterocycles. The summed E-state index contributed by atoms with van der Waals surface area (Å²) < 4.78 is 1.67. The molecule has 2 N–H and O–H groups in total. The van der Waals surface area contributed by atoms with Crippen molar-refractivity contribution in [3.05, 3.63) is 11.5 Å². The summed E-state index contributed by atoms with van der Waals surface area (Å²) in [7, 11) is 1.82. The lowest BCUT2D eigenvalue weighted by molar-refractivity contribution is 0.787. The van der Waals surface area contributed by atoms with Gasteiger partial charge in [0.2, 0.25) is 0 Å². The summed E-state index contributed by atoms with van der Waals surface area (Å²) in [5.41, 5.74) is 7.39. The molecule has 0 fully saturated rings. The van der Waals surface area contributed by atoms with Gasteiger partial charge in [-0.2, -0.15) is 5.10 Å². The second-order valence-corrected chi connectivity index (χ2v) is 3.06. The van der Waals surface area contributed by atoms with E-state index in [1.54, 1.807) is 4.68 Å².